The van der Waals surface area contributed by atoms with Crippen molar-refractivity contribution in [1.29, 1.82) is 0 Å². The molecule has 1 aromatic carbocycles. The maximum Gasteiger partial charge on any atom is 0.315 e. The predicted octanol–water partition coefficient (Wildman–Crippen LogP) is 1.68. The molecule has 1 atom stereocenters. The maximum atomic E-state index is 12.0. The predicted molar refractivity (Wildman–Crippen MR) is 90.2 cm³/mol. The van der Waals surface area contributed by atoms with Gasteiger partial charge in [-0.15, -0.1) is 0 Å². The van der Waals surface area contributed by atoms with Crippen LogP contribution in [0.2, 0.25) is 0 Å². The van der Waals surface area contributed by atoms with E-state index in [-0.39, 0.29) is 12.6 Å². The molecule has 1 aromatic heterocycles. The number of aliphatic hydroxyl groups excluding tert-OH is 1. The van der Waals surface area contributed by atoms with E-state index in [1.165, 1.54) is 0 Å². The highest BCUT2D eigenvalue weighted by Gasteiger charge is 2.13. The Kier molecular flexibility index (Phi) is 5.94. The first-order valence-corrected chi connectivity index (χ1v) is 7.42. The number of hydrogen-bond acceptors (Lipinski definition) is 4. The molecule has 1 heterocycles. The number of carbonyl (C=O) groups is 1. The van der Waals surface area contributed by atoms with Gasteiger partial charge < -0.3 is 20.6 Å². The van der Waals surface area contributed by atoms with Crippen molar-refractivity contribution in [3.05, 3.63) is 59.8 Å². The van der Waals surface area contributed by atoms with Crippen LogP contribution in [0.1, 0.15) is 17.2 Å². The second-order valence-corrected chi connectivity index (χ2v) is 5.39. The zero-order chi connectivity index (χ0) is 16.7. The van der Waals surface area contributed by atoms with Gasteiger partial charge in [0.05, 0.1) is 12.6 Å². The lowest BCUT2D eigenvalue weighted by Crippen LogP contribution is -2.38. The monoisotopic (exact) mass is 314 g/mol. The molecule has 6 heteroatoms. The molecule has 122 valence electrons. The molecular formula is C17H22N4O2. The highest BCUT2D eigenvalue weighted by molar-refractivity contribution is 5.74. The quantitative estimate of drug-likeness (QED) is 0.758. The molecule has 1 unspecified atom stereocenters. The first-order chi connectivity index (χ1) is 11.1. The van der Waals surface area contributed by atoms with Crippen LogP contribution in [-0.4, -0.2) is 36.8 Å². The lowest BCUT2D eigenvalue weighted by Gasteiger charge is -2.17. The molecule has 0 spiro atoms. The molecule has 3 N–H and O–H groups in total. The fourth-order valence-corrected chi connectivity index (χ4v) is 2.13. The second kappa shape index (κ2) is 8.14. The topological polar surface area (TPSA) is 77.5 Å². The molecule has 0 aliphatic rings. The number of urea groups is 1. The zero-order valence-corrected chi connectivity index (χ0v) is 13.4. The number of rotatable bonds is 6. The number of nitrogens with one attached hydrogen (secondary N) is 2. The molecule has 0 radical (unpaired) electrons. The molecule has 2 amide bonds. The molecular weight excluding hydrogens is 292 g/mol. The summed E-state index contributed by atoms with van der Waals surface area (Å²) >= 11 is 0. The third kappa shape index (κ3) is 4.96. The van der Waals surface area contributed by atoms with Gasteiger partial charge in [-0.3, -0.25) is 0 Å². The van der Waals surface area contributed by atoms with E-state index in [0.717, 1.165) is 16.9 Å². The van der Waals surface area contributed by atoms with Gasteiger partial charge in [-0.2, -0.15) is 0 Å². The van der Waals surface area contributed by atoms with Crippen molar-refractivity contribution in [3.8, 4) is 0 Å². The highest BCUT2D eigenvalue weighted by atomic mass is 16.3. The van der Waals surface area contributed by atoms with E-state index in [4.69, 9.17) is 0 Å². The van der Waals surface area contributed by atoms with Crippen LogP contribution in [0, 0.1) is 0 Å². The minimum absolute atomic E-state index is 0.155. The number of anilines is 1. The fraction of sp³-hybridized carbons (Fsp3) is 0.294. The summed E-state index contributed by atoms with van der Waals surface area (Å²) in [5.74, 6) is 0.835. The Morgan fingerprint density at radius 2 is 2.00 bits per heavy atom. The summed E-state index contributed by atoms with van der Waals surface area (Å²) in [6.45, 7) is 0.236. The summed E-state index contributed by atoms with van der Waals surface area (Å²) < 4.78 is 0. The van der Waals surface area contributed by atoms with Crippen LogP contribution in [0.5, 0.6) is 0 Å². The van der Waals surface area contributed by atoms with Crippen molar-refractivity contribution in [3.63, 3.8) is 0 Å². The van der Waals surface area contributed by atoms with E-state index in [9.17, 15) is 9.90 Å². The molecule has 0 aliphatic carbocycles. The summed E-state index contributed by atoms with van der Waals surface area (Å²) in [7, 11) is 3.83. The van der Waals surface area contributed by atoms with Gasteiger partial charge in [0.15, 0.2) is 0 Å². The Labute approximate surface area is 136 Å². The van der Waals surface area contributed by atoms with Crippen molar-refractivity contribution < 1.29 is 9.90 Å². The van der Waals surface area contributed by atoms with E-state index >= 15 is 0 Å². The standard InChI is InChI=1S/C17H22N4O2/c1-21(2)16-10-13(8-9-18-16)11-19-17(23)20-15(12-22)14-6-4-3-5-7-14/h3-10,15,22H,11-12H2,1-2H3,(H2,19,20,23). The van der Waals surface area contributed by atoms with Gasteiger partial charge in [-0.25, -0.2) is 9.78 Å². The smallest absolute Gasteiger partial charge is 0.315 e. The number of amides is 2. The molecule has 6 nitrogen and oxygen atoms in total. The number of aliphatic hydroxyl groups is 1. The van der Waals surface area contributed by atoms with Crippen LogP contribution in [0.15, 0.2) is 48.7 Å². The first kappa shape index (κ1) is 16.8. The van der Waals surface area contributed by atoms with Gasteiger partial charge in [0.25, 0.3) is 0 Å². The number of pyridine rings is 1. The Hall–Kier alpha value is -2.60. The van der Waals surface area contributed by atoms with Gasteiger partial charge in [-0.05, 0) is 23.3 Å². The molecule has 0 fully saturated rings. The summed E-state index contributed by atoms with van der Waals surface area (Å²) in [4.78, 5) is 18.2. The van der Waals surface area contributed by atoms with Gasteiger partial charge >= 0.3 is 6.03 Å². The van der Waals surface area contributed by atoms with Crippen LogP contribution in [0.4, 0.5) is 10.6 Å². The molecule has 0 saturated carbocycles. The van der Waals surface area contributed by atoms with E-state index < -0.39 is 6.04 Å². The minimum atomic E-state index is -0.425. The van der Waals surface area contributed by atoms with Crippen molar-refractivity contribution in [1.82, 2.24) is 15.6 Å². The SMILES string of the molecule is CN(C)c1cc(CNC(=O)NC(CO)c2ccccc2)ccn1. The lowest BCUT2D eigenvalue weighted by molar-refractivity contribution is 0.216. The number of nitrogens with zero attached hydrogens (tertiary/aromatic N) is 2. The van der Waals surface area contributed by atoms with Crippen molar-refractivity contribution in [2.45, 2.75) is 12.6 Å². The van der Waals surface area contributed by atoms with Crippen LogP contribution in [0.3, 0.4) is 0 Å². The molecule has 0 aliphatic heterocycles. The summed E-state index contributed by atoms with van der Waals surface area (Å²) in [5, 5.41) is 15.0. The third-order valence-corrected chi connectivity index (χ3v) is 3.41. The number of aromatic nitrogens is 1. The largest absolute Gasteiger partial charge is 0.394 e. The summed E-state index contributed by atoms with van der Waals surface area (Å²) in [6, 6.07) is 12.4. The minimum Gasteiger partial charge on any atom is -0.394 e. The van der Waals surface area contributed by atoms with Crippen LogP contribution in [-0.2, 0) is 6.54 Å². The van der Waals surface area contributed by atoms with Crippen molar-refractivity contribution >= 4 is 11.8 Å². The van der Waals surface area contributed by atoms with Crippen LogP contribution in [0.25, 0.3) is 0 Å². The Morgan fingerprint density at radius 3 is 2.65 bits per heavy atom. The van der Waals surface area contributed by atoms with Gasteiger partial charge in [0.2, 0.25) is 0 Å². The Bertz CT molecular complexity index is 632. The number of hydrogen-bond donors (Lipinski definition) is 3. The molecule has 0 bridgehead atoms. The molecule has 23 heavy (non-hydrogen) atoms. The third-order valence-electron chi connectivity index (χ3n) is 3.41. The van der Waals surface area contributed by atoms with Crippen LogP contribution < -0.4 is 15.5 Å². The Balaban J connectivity index is 1.90. The first-order valence-electron chi connectivity index (χ1n) is 7.42. The van der Waals surface area contributed by atoms with E-state index in [2.05, 4.69) is 15.6 Å². The summed E-state index contributed by atoms with van der Waals surface area (Å²) in [6.07, 6.45) is 1.71. The van der Waals surface area contributed by atoms with Gasteiger partial charge in [0, 0.05) is 26.8 Å². The summed E-state index contributed by atoms with van der Waals surface area (Å²) in [5.41, 5.74) is 1.82. The molecule has 2 rings (SSSR count). The van der Waals surface area contributed by atoms with E-state index in [1.807, 2.05) is 61.5 Å². The lowest BCUT2D eigenvalue weighted by atomic mass is 10.1. The van der Waals surface area contributed by atoms with Crippen LogP contribution >= 0.6 is 0 Å². The second-order valence-electron chi connectivity index (χ2n) is 5.39. The van der Waals surface area contributed by atoms with E-state index in [1.54, 1.807) is 6.20 Å². The van der Waals surface area contributed by atoms with Gasteiger partial charge in [-0.1, -0.05) is 30.3 Å². The number of benzene rings is 1. The average Bonchev–Trinajstić information content (AvgIpc) is 2.59. The fourth-order valence-electron chi connectivity index (χ4n) is 2.13. The Morgan fingerprint density at radius 1 is 1.26 bits per heavy atom. The zero-order valence-electron chi connectivity index (χ0n) is 13.4. The molecule has 0 saturated heterocycles. The highest BCUT2D eigenvalue weighted by Crippen LogP contribution is 2.12. The van der Waals surface area contributed by atoms with Crippen molar-refractivity contribution in [2.75, 3.05) is 25.6 Å². The molecule has 2 aromatic rings. The van der Waals surface area contributed by atoms with Gasteiger partial charge in [0.1, 0.15) is 5.82 Å². The van der Waals surface area contributed by atoms with Crippen molar-refractivity contribution in [2.24, 2.45) is 0 Å². The maximum absolute atomic E-state index is 12.0. The normalized spacial score (nSPS) is 11.6. The van der Waals surface area contributed by atoms with E-state index in [0.29, 0.717) is 6.54 Å². The number of carbonyl (C=O) groups excluding carboxylic acids is 1. The average molecular weight is 314 g/mol.